The van der Waals surface area contributed by atoms with Gasteiger partial charge in [0.25, 0.3) is 0 Å². The molecule has 1 aliphatic carbocycles. The SMILES string of the molecule is O=C(NCC1(CBr)CCCC1)C1CCCCO1. The second-order valence-corrected chi connectivity index (χ2v) is 5.97. The average molecular weight is 304 g/mol. The van der Waals surface area contributed by atoms with Crippen molar-refractivity contribution in [3.05, 3.63) is 0 Å². The molecule has 4 heteroatoms. The molecular weight excluding hydrogens is 282 g/mol. The number of hydrogen-bond acceptors (Lipinski definition) is 2. The summed E-state index contributed by atoms with van der Waals surface area (Å²) in [7, 11) is 0. The third kappa shape index (κ3) is 3.44. The van der Waals surface area contributed by atoms with E-state index in [2.05, 4.69) is 21.2 Å². The molecule has 2 rings (SSSR count). The minimum atomic E-state index is -0.197. The lowest BCUT2D eigenvalue weighted by atomic mass is 9.88. The summed E-state index contributed by atoms with van der Waals surface area (Å²) in [5.74, 6) is 0.0944. The first-order valence-corrected chi connectivity index (χ1v) is 7.83. The second-order valence-electron chi connectivity index (χ2n) is 5.41. The molecule has 17 heavy (non-hydrogen) atoms. The Kier molecular flexibility index (Phi) is 4.86. The molecule has 0 aromatic heterocycles. The second kappa shape index (κ2) is 6.19. The lowest BCUT2D eigenvalue weighted by Crippen LogP contribution is -2.43. The van der Waals surface area contributed by atoms with Crippen LogP contribution in [0.5, 0.6) is 0 Å². The Hall–Kier alpha value is -0.0900. The first-order valence-electron chi connectivity index (χ1n) is 6.71. The van der Waals surface area contributed by atoms with Crippen LogP contribution in [0.3, 0.4) is 0 Å². The Labute approximate surface area is 112 Å². The van der Waals surface area contributed by atoms with Gasteiger partial charge in [-0.2, -0.15) is 0 Å². The Morgan fingerprint density at radius 2 is 2.06 bits per heavy atom. The summed E-state index contributed by atoms with van der Waals surface area (Å²) in [5.41, 5.74) is 0.296. The van der Waals surface area contributed by atoms with E-state index < -0.39 is 0 Å². The third-order valence-corrected chi connectivity index (χ3v) is 5.25. The van der Waals surface area contributed by atoms with E-state index in [1.807, 2.05) is 0 Å². The summed E-state index contributed by atoms with van der Waals surface area (Å²) < 4.78 is 5.50. The van der Waals surface area contributed by atoms with E-state index in [9.17, 15) is 4.79 Å². The van der Waals surface area contributed by atoms with Gasteiger partial charge in [0.05, 0.1) is 0 Å². The van der Waals surface area contributed by atoms with Crippen molar-refractivity contribution in [1.29, 1.82) is 0 Å². The predicted molar refractivity (Wildman–Crippen MR) is 71.3 cm³/mol. The highest BCUT2D eigenvalue weighted by molar-refractivity contribution is 9.09. The molecule has 1 N–H and O–H groups in total. The highest BCUT2D eigenvalue weighted by Crippen LogP contribution is 2.38. The zero-order valence-electron chi connectivity index (χ0n) is 10.3. The van der Waals surface area contributed by atoms with Crippen LogP contribution in [-0.4, -0.2) is 30.5 Å². The highest BCUT2D eigenvalue weighted by atomic mass is 79.9. The lowest BCUT2D eigenvalue weighted by molar-refractivity contribution is -0.135. The van der Waals surface area contributed by atoms with Gasteiger partial charge < -0.3 is 10.1 Å². The normalized spacial score (nSPS) is 27.9. The topological polar surface area (TPSA) is 38.3 Å². The van der Waals surface area contributed by atoms with Crippen LogP contribution in [0.2, 0.25) is 0 Å². The largest absolute Gasteiger partial charge is 0.368 e. The molecule has 1 saturated heterocycles. The maximum Gasteiger partial charge on any atom is 0.249 e. The van der Waals surface area contributed by atoms with Crippen molar-refractivity contribution in [2.24, 2.45) is 5.41 Å². The molecule has 1 heterocycles. The molecule has 1 amide bonds. The van der Waals surface area contributed by atoms with Gasteiger partial charge in [-0.05, 0) is 37.5 Å². The van der Waals surface area contributed by atoms with Gasteiger partial charge in [-0.1, -0.05) is 28.8 Å². The van der Waals surface area contributed by atoms with E-state index in [0.29, 0.717) is 5.41 Å². The summed E-state index contributed by atoms with van der Waals surface area (Å²) >= 11 is 3.60. The van der Waals surface area contributed by atoms with E-state index in [1.165, 1.54) is 25.7 Å². The number of hydrogen-bond donors (Lipinski definition) is 1. The summed E-state index contributed by atoms with van der Waals surface area (Å²) in [6.07, 6.45) is 7.93. The monoisotopic (exact) mass is 303 g/mol. The first-order chi connectivity index (χ1) is 8.26. The van der Waals surface area contributed by atoms with Crippen LogP contribution in [0.25, 0.3) is 0 Å². The fourth-order valence-corrected chi connectivity index (χ4v) is 3.58. The number of ether oxygens (including phenoxy) is 1. The molecule has 0 radical (unpaired) electrons. The maximum atomic E-state index is 12.0. The summed E-state index contributed by atoms with van der Waals surface area (Å²) in [4.78, 5) is 12.0. The van der Waals surface area contributed by atoms with Gasteiger partial charge in [0.2, 0.25) is 5.91 Å². The van der Waals surface area contributed by atoms with Crippen molar-refractivity contribution >= 4 is 21.8 Å². The maximum absolute atomic E-state index is 12.0. The third-order valence-electron chi connectivity index (χ3n) is 4.06. The van der Waals surface area contributed by atoms with Crippen LogP contribution in [0.1, 0.15) is 44.9 Å². The van der Waals surface area contributed by atoms with E-state index >= 15 is 0 Å². The van der Waals surface area contributed by atoms with Gasteiger partial charge in [0, 0.05) is 18.5 Å². The Bertz CT molecular complexity index is 258. The number of nitrogens with one attached hydrogen (secondary N) is 1. The van der Waals surface area contributed by atoms with E-state index in [-0.39, 0.29) is 12.0 Å². The van der Waals surface area contributed by atoms with Gasteiger partial charge >= 0.3 is 0 Å². The Morgan fingerprint density at radius 3 is 2.65 bits per heavy atom. The van der Waals surface area contributed by atoms with Crippen molar-refractivity contribution in [2.45, 2.75) is 51.0 Å². The Balaban J connectivity index is 1.78. The molecule has 2 fully saturated rings. The van der Waals surface area contributed by atoms with Gasteiger partial charge in [-0.25, -0.2) is 0 Å². The molecular formula is C13H22BrNO2. The molecule has 1 aliphatic heterocycles. The molecule has 2 aliphatic rings. The number of alkyl halides is 1. The fraction of sp³-hybridized carbons (Fsp3) is 0.923. The average Bonchev–Trinajstić information content (AvgIpc) is 2.86. The van der Waals surface area contributed by atoms with Crippen molar-refractivity contribution in [1.82, 2.24) is 5.32 Å². The fourth-order valence-electron chi connectivity index (χ4n) is 2.82. The Morgan fingerprint density at radius 1 is 1.29 bits per heavy atom. The van der Waals surface area contributed by atoms with Crippen molar-refractivity contribution in [2.75, 3.05) is 18.5 Å². The minimum Gasteiger partial charge on any atom is -0.368 e. The molecule has 0 aromatic carbocycles. The molecule has 1 unspecified atom stereocenters. The van der Waals surface area contributed by atoms with Crippen molar-refractivity contribution in [3.63, 3.8) is 0 Å². The van der Waals surface area contributed by atoms with Crippen molar-refractivity contribution < 1.29 is 9.53 Å². The van der Waals surface area contributed by atoms with Gasteiger partial charge in [0.15, 0.2) is 0 Å². The highest BCUT2D eigenvalue weighted by Gasteiger charge is 2.34. The van der Waals surface area contributed by atoms with Crippen LogP contribution in [0.4, 0.5) is 0 Å². The van der Waals surface area contributed by atoms with Crippen LogP contribution in [-0.2, 0) is 9.53 Å². The summed E-state index contributed by atoms with van der Waals surface area (Å²) in [5, 5.41) is 4.08. The quantitative estimate of drug-likeness (QED) is 0.811. The predicted octanol–water partition coefficient (Wildman–Crippen LogP) is 2.63. The minimum absolute atomic E-state index is 0.0944. The van der Waals surface area contributed by atoms with Crippen molar-refractivity contribution in [3.8, 4) is 0 Å². The van der Waals surface area contributed by atoms with E-state index in [0.717, 1.165) is 37.7 Å². The van der Waals surface area contributed by atoms with Gasteiger partial charge in [-0.15, -0.1) is 0 Å². The van der Waals surface area contributed by atoms with Gasteiger partial charge in [-0.3, -0.25) is 4.79 Å². The van der Waals surface area contributed by atoms with Crippen LogP contribution in [0.15, 0.2) is 0 Å². The molecule has 0 aromatic rings. The zero-order valence-corrected chi connectivity index (χ0v) is 11.9. The molecule has 1 atom stereocenters. The van der Waals surface area contributed by atoms with Gasteiger partial charge in [0.1, 0.15) is 6.10 Å². The molecule has 0 bridgehead atoms. The number of carbonyl (C=O) groups excluding carboxylic acids is 1. The number of carbonyl (C=O) groups is 1. The lowest BCUT2D eigenvalue weighted by Gasteiger charge is -2.28. The smallest absolute Gasteiger partial charge is 0.249 e. The number of halogens is 1. The molecule has 0 spiro atoms. The van der Waals surface area contributed by atoms with E-state index in [1.54, 1.807) is 0 Å². The standard InChI is InChI=1S/C13H22BrNO2/c14-9-13(6-2-3-7-13)10-15-12(16)11-5-1-4-8-17-11/h11H,1-10H2,(H,15,16). The molecule has 1 saturated carbocycles. The van der Waals surface area contributed by atoms with E-state index in [4.69, 9.17) is 4.74 Å². The van der Waals surface area contributed by atoms with Crippen LogP contribution < -0.4 is 5.32 Å². The molecule has 3 nitrogen and oxygen atoms in total. The summed E-state index contributed by atoms with van der Waals surface area (Å²) in [6.45, 7) is 1.54. The van der Waals surface area contributed by atoms with Crippen LogP contribution >= 0.6 is 15.9 Å². The first kappa shape index (κ1) is 13.3. The number of amides is 1. The summed E-state index contributed by atoms with van der Waals surface area (Å²) in [6, 6.07) is 0. The zero-order chi connectivity index (χ0) is 12.1. The number of rotatable bonds is 4. The molecule has 98 valence electrons. The van der Waals surface area contributed by atoms with Crippen LogP contribution in [0, 0.1) is 5.41 Å².